The molecule has 0 spiro atoms. The molecule has 0 heterocycles. The molecule has 0 amide bonds. The Kier molecular flexibility index (Phi) is 52.4. The lowest BCUT2D eigenvalue weighted by Crippen LogP contribution is -2.30. The largest absolute Gasteiger partial charge is 0.462 e. The lowest BCUT2D eigenvalue weighted by molar-refractivity contribution is -0.167. The Balaban J connectivity index is 4.39. The molecule has 1 atom stereocenters. The van der Waals surface area contributed by atoms with Gasteiger partial charge in [0.15, 0.2) is 6.10 Å². The predicted octanol–water partition coefficient (Wildman–Crippen LogP) is 18.7. The third kappa shape index (κ3) is 53.0. The van der Waals surface area contributed by atoms with E-state index >= 15 is 0 Å². The SMILES string of the molecule is CC/C=C\C/C=C\C/C=C\C/C=C\C/C=C\C/C=C\CCCCCCC(=O)OCC(COC(=O)CCCCCCCCCCCC)OC(=O)CCCCCCCCC/C=C\C/C=C\C/C=C\CC. The highest BCUT2D eigenvalue weighted by Crippen LogP contribution is 2.14. The summed E-state index contributed by atoms with van der Waals surface area (Å²) in [4.78, 5) is 38.1. The van der Waals surface area contributed by atoms with Crippen molar-refractivity contribution in [2.24, 2.45) is 0 Å². The van der Waals surface area contributed by atoms with Crippen LogP contribution in [0.2, 0.25) is 0 Å². The van der Waals surface area contributed by atoms with Gasteiger partial charge >= 0.3 is 17.9 Å². The fourth-order valence-electron chi connectivity index (χ4n) is 7.40. The minimum Gasteiger partial charge on any atom is -0.462 e. The molecule has 1 unspecified atom stereocenters. The highest BCUT2D eigenvalue weighted by Gasteiger charge is 2.19. The average molecular weight is 943 g/mol. The van der Waals surface area contributed by atoms with E-state index in [0.717, 1.165) is 135 Å². The first-order chi connectivity index (χ1) is 33.5. The van der Waals surface area contributed by atoms with Crippen LogP contribution in [-0.4, -0.2) is 37.2 Å². The molecule has 0 N–H and O–H groups in total. The van der Waals surface area contributed by atoms with Gasteiger partial charge in [0.1, 0.15) is 13.2 Å². The van der Waals surface area contributed by atoms with Crippen LogP contribution in [0.1, 0.15) is 245 Å². The molecule has 0 saturated heterocycles. The minimum atomic E-state index is -0.794. The zero-order valence-corrected chi connectivity index (χ0v) is 44.1. The summed E-state index contributed by atoms with van der Waals surface area (Å²) in [6, 6.07) is 0. The predicted molar refractivity (Wildman–Crippen MR) is 293 cm³/mol. The van der Waals surface area contributed by atoms with Gasteiger partial charge in [-0.2, -0.15) is 0 Å². The van der Waals surface area contributed by atoms with Crippen molar-refractivity contribution in [2.75, 3.05) is 13.2 Å². The minimum absolute atomic E-state index is 0.0905. The Bertz CT molecular complexity index is 1410. The number of hydrogen-bond acceptors (Lipinski definition) is 6. The van der Waals surface area contributed by atoms with E-state index in [2.05, 4.69) is 130 Å². The van der Waals surface area contributed by atoms with Gasteiger partial charge < -0.3 is 14.2 Å². The Hall–Kier alpha value is -3.93. The number of rotatable bonds is 49. The van der Waals surface area contributed by atoms with E-state index in [1.54, 1.807) is 0 Å². The van der Waals surface area contributed by atoms with E-state index in [9.17, 15) is 14.4 Å². The first-order valence-corrected chi connectivity index (χ1v) is 27.9. The molecule has 0 radical (unpaired) electrons. The van der Waals surface area contributed by atoms with Crippen molar-refractivity contribution in [3.63, 3.8) is 0 Å². The van der Waals surface area contributed by atoms with Gasteiger partial charge in [-0.1, -0.05) is 233 Å². The lowest BCUT2D eigenvalue weighted by atomic mass is 10.1. The van der Waals surface area contributed by atoms with E-state index in [4.69, 9.17) is 14.2 Å². The van der Waals surface area contributed by atoms with E-state index in [1.807, 2.05) is 0 Å². The third-order valence-electron chi connectivity index (χ3n) is 11.5. The molecule has 0 saturated carbocycles. The summed E-state index contributed by atoms with van der Waals surface area (Å²) < 4.78 is 16.8. The Morgan fingerprint density at radius 2 is 0.574 bits per heavy atom. The molecule has 6 heteroatoms. The normalized spacial score (nSPS) is 12.9. The van der Waals surface area contributed by atoms with Gasteiger partial charge in [-0.3, -0.25) is 14.4 Å². The molecule has 386 valence electrons. The third-order valence-corrected chi connectivity index (χ3v) is 11.5. The van der Waals surface area contributed by atoms with Gasteiger partial charge in [-0.15, -0.1) is 0 Å². The number of ether oxygens (including phenoxy) is 3. The van der Waals surface area contributed by atoms with Crippen molar-refractivity contribution in [2.45, 2.75) is 252 Å². The Morgan fingerprint density at radius 3 is 0.897 bits per heavy atom. The van der Waals surface area contributed by atoms with Gasteiger partial charge in [-0.25, -0.2) is 0 Å². The Labute approximate surface area is 419 Å². The van der Waals surface area contributed by atoms with Crippen molar-refractivity contribution in [3.05, 3.63) is 109 Å². The van der Waals surface area contributed by atoms with Gasteiger partial charge in [0.05, 0.1) is 0 Å². The van der Waals surface area contributed by atoms with Crippen LogP contribution < -0.4 is 0 Å². The molecule has 0 aliphatic heterocycles. The summed E-state index contributed by atoms with van der Waals surface area (Å²) in [5.74, 6) is -0.929. The monoisotopic (exact) mass is 943 g/mol. The van der Waals surface area contributed by atoms with Crippen LogP contribution in [0.4, 0.5) is 0 Å². The number of carbonyl (C=O) groups is 3. The molecule has 0 aromatic heterocycles. The van der Waals surface area contributed by atoms with Crippen LogP contribution in [0.5, 0.6) is 0 Å². The molecule has 0 aliphatic rings. The molecule has 0 rings (SSSR count). The highest BCUT2D eigenvalue weighted by molar-refractivity contribution is 5.71. The summed E-state index contributed by atoms with van der Waals surface area (Å²) in [7, 11) is 0. The van der Waals surface area contributed by atoms with Crippen LogP contribution in [-0.2, 0) is 28.6 Å². The summed E-state index contributed by atoms with van der Waals surface area (Å²) >= 11 is 0. The molecule has 0 aromatic rings. The van der Waals surface area contributed by atoms with Crippen molar-refractivity contribution < 1.29 is 28.6 Å². The highest BCUT2D eigenvalue weighted by atomic mass is 16.6. The van der Waals surface area contributed by atoms with Gasteiger partial charge in [0, 0.05) is 19.3 Å². The van der Waals surface area contributed by atoms with Gasteiger partial charge in [-0.05, 0) is 103 Å². The molecule has 0 fully saturated rings. The zero-order valence-electron chi connectivity index (χ0n) is 44.1. The second kappa shape index (κ2) is 55.7. The first kappa shape index (κ1) is 64.1. The first-order valence-electron chi connectivity index (χ1n) is 27.9. The summed E-state index contributed by atoms with van der Waals surface area (Å²) in [5.41, 5.74) is 0. The van der Waals surface area contributed by atoms with Crippen LogP contribution in [0.3, 0.4) is 0 Å². The summed E-state index contributed by atoms with van der Waals surface area (Å²) in [5, 5.41) is 0. The van der Waals surface area contributed by atoms with E-state index < -0.39 is 6.10 Å². The molecule has 68 heavy (non-hydrogen) atoms. The van der Waals surface area contributed by atoms with Gasteiger partial charge in [0.25, 0.3) is 0 Å². The van der Waals surface area contributed by atoms with Crippen molar-refractivity contribution in [3.8, 4) is 0 Å². The van der Waals surface area contributed by atoms with Crippen LogP contribution in [0.15, 0.2) is 109 Å². The van der Waals surface area contributed by atoms with Crippen molar-refractivity contribution in [1.82, 2.24) is 0 Å². The Morgan fingerprint density at radius 1 is 0.309 bits per heavy atom. The van der Waals surface area contributed by atoms with E-state index in [0.29, 0.717) is 19.3 Å². The maximum absolute atomic E-state index is 12.8. The van der Waals surface area contributed by atoms with Crippen LogP contribution in [0, 0.1) is 0 Å². The number of carbonyl (C=O) groups excluding carboxylic acids is 3. The quantitative estimate of drug-likeness (QED) is 0.0262. The standard InChI is InChI=1S/C62H102O6/c1-4-7-10-13-16-19-22-24-26-28-29-30-31-32-33-35-36-38-40-43-46-49-52-55-61(64)67-58-59(57-66-60(63)54-51-48-45-42-21-18-15-12-9-6-3)68-62(65)56-53-50-47-44-41-39-37-34-27-25-23-20-17-14-11-8-5-2/h7-8,10-11,16-17,19-20,24-27,29-30,32-33,36,38,59H,4-6,9,12-15,18,21-23,28,31,34-35,37,39-58H2,1-3H3/b10-7-,11-8-,19-16-,20-17-,26-24-,27-25-,30-29-,33-32-,38-36-. The van der Waals surface area contributed by atoms with Crippen LogP contribution in [0.25, 0.3) is 0 Å². The molecule has 0 aliphatic carbocycles. The second-order valence-corrected chi connectivity index (χ2v) is 18.1. The summed E-state index contributed by atoms with van der Waals surface area (Å²) in [6.07, 6.45) is 75.0. The number of hydrogen-bond donors (Lipinski definition) is 0. The van der Waals surface area contributed by atoms with E-state index in [1.165, 1.54) is 70.6 Å². The molecular formula is C62H102O6. The topological polar surface area (TPSA) is 78.9 Å². The second-order valence-electron chi connectivity index (χ2n) is 18.1. The number of unbranched alkanes of at least 4 members (excludes halogenated alkanes) is 20. The molecule has 0 bridgehead atoms. The fourth-order valence-corrected chi connectivity index (χ4v) is 7.40. The molecule has 0 aromatic carbocycles. The van der Waals surface area contributed by atoms with Gasteiger partial charge in [0.2, 0.25) is 0 Å². The van der Waals surface area contributed by atoms with Crippen LogP contribution >= 0.6 is 0 Å². The molecular weight excluding hydrogens is 841 g/mol. The smallest absolute Gasteiger partial charge is 0.306 e. The maximum atomic E-state index is 12.8. The number of esters is 3. The lowest BCUT2D eigenvalue weighted by Gasteiger charge is -2.18. The van der Waals surface area contributed by atoms with Crippen molar-refractivity contribution in [1.29, 1.82) is 0 Å². The fraction of sp³-hybridized carbons (Fsp3) is 0.661. The number of allylic oxidation sites excluding steroid dienone is 18. The average Bonchev–Trinajstić information content (AvgIpc) is 3.34. The summed E-state index contributed by atoms with van der Waals surface area (Å²) in [6.45, 7) is 6.37. The maximum Gasteiger partial charge on any atom is 0.306 e. The molecule has 6 nitrogen and oxygen atoms in total. The zero-order chi connectivity index (χ0) is 49.3. The van der Waals surface area contributed by atoms with Crippen molar-refractivity contribution >= 4 is 17.9 Å². The van der Waals surface area contributed by atoms with E-state index in [-0.39, 0.29) is 31.1 Å².